The second kappa shape index (κ2) is 15.7. The summed E-state index contributed by atoms with van der Waals surface area (Å²) < 4.78 is 0. The highest BCUT2D eigenvalue weighted by Gasteiger charge is 2.25. The van der Waals surface area contributed by atoms with Crippen molar-refractivity contribution in [2.45, 2.75) is 37.8 Å². The highest BCUT2D eigenvalue weighted by atomic mass is 16.2. The molecule has 4 aromatic carbocycles. The number of guanidine groups is 1. The minimum atomic E-state index is -0.865. The largest absolute Gasteiger partial charge is 0.370 e. The third-order valence-corrected chi connectivity index (χ3v) is 7.25. The quantitative estimate of drug-likeness (QED) is 0.0554. The van der Waals surface area contributed by atoms with Crippen LogP contribution in [0, 0.1) is 5.41 Å². The van der Waals surface area contributed by atoms with Crippen molar-refractivity contribution in [3.8, 4) is 11.1 Å². The lowest BCUT2D eigenvalue weighted by Crippen LogP contribution is -2.53. The molecule has 4 aromatic rings. The lowest BCUT2D eigenvalue weighted by Gasteiger charge is -2.22. The van der Waals surface area contributed by atoms with Gasteiger partial charge in [0.2, 0.25) is 18.2 Å². The monoisotopic (exact) mass is 578 g/mol. The van der Waals surface area contributed by atoms with Gasteiger partial charge in [-0.1, -0.05) is 97.1 Å². The van der Waals surface area contributed by atoms with Crippen LogP contribution in [-0.2, 0) is 27.2 Å². The van der Waals surface area contributed by atoms with E-state index in [1.165, 1.54) is 0 Å². The molecule has 0 aliphatic rings. The summed E-state index contributed by atoms with van der Waals surface area (Å²) in [5.41, 5.74) is 9.50. The maximum atomic E-state index is 13.3. The van der Waals surface area contributed by atoms with E-state index in [-0.39, 0.29) is 18.3 Å². The van der Waals surface area contributed by atoms with E-state index in [0.29, 0.717) is 38.8 Å². The van der Waals surface area contributed by atoms with Crippen LogP contribution in [0.3, 0.4) is 0 Å². The Hall–Kier alpha value is -5.18. The van der Waals surface area contributed by atoms with Crippen molar-refractivity contribution >= 4 is 35.0 Å². The average molecular weight is 579 g/mol. The number of carbonyl (C=O) groups excluding carboxylic acids is 3. The average Bonchev–Trinajstić information content (AvgIpc) is 3.02. The van der Waals surface area contributed by atoms with Crippen molar-refractivity contribution in [2.75, 3.05) is 13.1 Å². The zero-order valence-electron chi connectivity index (χ0n) is 24.0. The smallest absolute Gasteiger partial charge is 0.243 e. The number of hydrogen-bond donors (Lipinski definition) is 6. The second-order valence-electron chi connectivity index (χ2n) is 10.3. The van der Waals surface area contributed by atoms with E-state index in [1.807, 2.05) is 72.8 Å². The third kappa shape index (κ3) is 9.16. The SMILES string of the molecule is N=C(N)NCCCC(NC(=O)C(Cc1ccc(-c2cccc3ccccc23)cc1)NC=O)C(=O)NCCc1ccccc1. The number of nitrogens with two attached hydrogens (primary N) is 1. The maximum Gasteiger partial charge on any atom is 0.243 e. The normalized spacial score (nSPS) is 12.1. The Labute approximate surface area is 251 Å². The van der Waals surface area contributed by atoms with Crippen LogP contribution in [0.2, 0.25) is 0 Å². The molecule has 2 atom stereocenters. The number of nitrogens with one attached hydrogen (secondary N) is 5. The molecule has 0 aliphatic heterocycles. The lowest BCUT2D eigenvalue weighted by atomic mass is 9.96. The van der Waals surface area contributed by atoms with Crippen molar-refractivity contribution in [1.29, 1.82) is 5.41 Å². The Kier molecular flexibility index (Phi) is 11.2. The predicted octanol–water partition coefficient (Wildman–Crippen LogP) is 3.27. The van der Waals surface area contributed by atoms with E-state index in [0.717, 1.165) is 33.0 Å². The van der Waals surface area contributed by atoms with Crippen LogP contribution in [0.15, 0.2) is 97.1 Å². The molecular formula is C34H38N6O3. The van der Waals surface area contributed by atoms with Gasteiger partial charge >= 0.3 is 0 Å². The van der Waals surface area contributed by atoms with E-state index in [2.05, 4.69) is 45.5 Å². The van der Waals surface area contributed by atoms with Crippen molar-refractivity contribution in [2.24, 2.45) is 5.73 Å². The van der Waals surface area contributed by atoms with Gasteiger partial charge in [-0.25, -0.2) is 0 Å². The first-order valence-corrected chi connectivity index (χ1v) is 14.4. The molecule has 0 spiro atoms. The molecule has 9 nitrogen and oxygen atoms in total. The van der Waals surface area contributed by atoms with Gasteiger partial charge in [-0.2, -0.15) is 0 Å². The Morgan fingerprint density at radius 1 is 0.767 bits per heavy atom. The number of hydrogen-bond acceptors (Lipinski definition) is 4. The van der Waals surface area contributed by atoms with Crippen molar-refractivity contribution in [3.05, 3.63) is 108 Å². The van der Waals surface area contributed by atoms with E-state index in [1.54, 1.807) is 0 Å². The van der Waals surface area contributed by atoms with Crippen LogP contribution in [0.1, 0.15) is 24.0 Å². The fraction of sp³-hybridized carbons (Fsp3) is 0.235. The molecule has 0 bridgehead atoms. The first-order valence-electron chi connectivity index (χ1n) is 14.4. The molecule has 0 saturated heterocycles. The van der Waals surface area contributed by atoms with Crippen molar-refractivity contribution in [3.63, 3.8) is 0 Å². The number of rotatable bonds is 15. The van der Waals surface area contributed by atoms with E-state index in [4.69, 9.17) is 11.1 Å². The van der Waals surface area contributed by atoms with Gasteiger partial charge < -0.3 is 27.0 Å². The van der Waals surface area contributed by atoms with Gasteiger partial charge in [-0.3, -0.25) is 19.8 Å². The maximum absolute atomic E-state index is 13.3. The molecule has 0 saturated carbocycles. The fourth-order valence-electron chi connectivity index (χ4n) is 5.01. The van der Waals surface area contributed by atoms with Gasteiger partial charge in [0, 0.05) is 19.5 Å². The summed E-state index contributed by atoms with van der Waals surface area (Å²) in [6.45, 7) is 0.804. The van der Waals surface area contributed by atoms with Gasteiger partial charge in [0.1, 0.15) is 12.1 Å². The highest BCUT2D eigenvalue weighted by Crippen LogP contribution is 2.28. The zero-order chi connectivity index (χ0) is 30.4. The first-order chi connectivity index (χ1) is 20.9. The fourth-order valence-corrected chi connectivity index (χ4v) is 5.01. The Balaban J connectivity index is 1.41. The Morgan fingerprint density at radius 2 is 1.49 bits per heavy atom. The number of benzene rings is 4. The van der Waals surface area contributed by atoms with Gasteiger partial charge in [-0.15, -0.1) is 0 Å². The topological polar surface area (TPSA) is 149 Å². The van der Waals surface area contributed by atoms with Crippen molar-refractivity contribution < 1.29 is 14.4 Å². The molecule has 43 heavy (non-hydrogen) atoms. The molecule has 3 amide bonds. The molecule has 0 radical (unpaired) electrons. The van der Waals surface area contributed by atoms with Crippen LogP contribution in [0.25, 0.3) is 21.9 Å². The van der Waals surface area contributed by atoms with Crippen LogP contribution in [0.5, 0.6) is 0 Å². The van der Waals surface area contributed by atoms with Gasteiger partial charge in [-0.05, 0) is 52.3 Å². The molecule has 222 valence electrons. The van der Waals surface area contributed by atoms with Crippen LogP contribution < -0.4 is 27.0 Å². The van der Waals surface area contributed by atoms with E-state index in [9.17, 15) is 14.4 Å². The predicted molar refractivity (Wildman–Crippen MR) is 170 cm³/mol. The third-order valence-electron chi connectivity index (χ3n) is 7.25. The van der Waals surface area contributed by atoms with Gasteiger partial charge in [0.25, 0.3) is 0 Å². The zero-order valence-corrected chi connectivity index (χ0v) is 24.0. The standard InChI is InChI=1S/C34H38N6O3/c35-34(36)38-20-7-14-30(32(42)37-21-19-24-8-2-1-3-9-24)40-33(43)31(39-23-41)22-25-15-17-27(18-16-25)29-13-6-11-26-10-4-5-12-28(26)29/h1-6,8-13,15-18,23,30-31H,7,14,19-22H2,(H,37,42)(H,39,41)(H,40,43)(H4,35,36,38). The second-order valence-corrected chi connectivity index (χ2v) is 10.3. The first kappa shape index (κ1) is 30.8. The molecule has 7 N–H and O–H groups in total. The Bertz CT molecular complexity index is 1520. The van der Waals surface area contributed by atoms with Gasteiger partial charge in [0.15, 0.2) is 5.96 Å². The van der Waals surface area contributed by atoms with Crippen LogP contribution in [0.4, 0.5) is 0 Å². The van der Waals surface area contributed by atoms with Crippen LogP contribution in [-0.4, -0.2) is 49.4 Å². The summed E-state index contributed by atoms with van der Waals surface area (Å²) in [5.74, 6) is -0.918. The summed E-state index contributed by atoms with van der Waals surface area (Å²) in [6, 6.07) is 30.4. The summed E-state index contributed by atoms with van der Waals surface area (Å²) in [7, 11) is 0. The molecule has 2 unspecified atom stereocenters. The summed E-state index contributed by atoms with van der Waals surface area (Å²) in [5, 5.41) is 20.7. The van der Waals surface area contributed by atoms with Gasteiger partial charge in [0.05, 0.1) is 0 Å². The number of carbonyl (C=O) groups is 3. The molecule has 9 heteroatoms. The summed E-state index contributed by atoms with van der Waals surface area (Å²) >= 11 is 0. The van der Waals surface area contributed by atoms with E-state index >= 15 is 0 Å². The van der Waals surface area contributed by atoms with E-state index < -0.39 is 18.0 Å². The molecule has 4 rings (SSSR count). The molecular weight excluding hydrogens is 540 g/mol. The van der Waals surface area contributed by atoms with Crippen LogP contribution >= 0.6 is 0 Å². The highest BCUT2D eigenvalue weighted by molar-refractivity contribution is 5.96. The number of fused-ring (bicyclic) bond motifs is 1. The lowest BCUT2D eigenvalue weighted by molar-refractivity contribution is -0.130. The Morgan fingerprint density at radius 3 is 2.23 bits per heavy atom. The summed E-state index contributed by atoms with van der Waals surface area (Å²) in [6.07, 6.45) is 2.24. The molecule has 0 fully saturated rings. The molecule has 0 aliphatic carbocycles. The van der Waals surface area contributed by atoms with Crippen molar-refractivity contribution in [1.82, 2.24) is 21.3 Å². The minimum Gasteiger partial charge on any atom is -0.370 e. The minimum absolute atomic E-state index is 0.158. The molecule has 0 heterocycles. The summed E-state index contributed by atoms with van der Waals surface area (Å²) in [4.78, 5) is 37.9. The number of amides is 3. The molecule has 0 aromatic heterocycles.